The van der Waals surface area contributed by atoms with Gasteiger partial charge in [0.25, 0.3) is 0 Å². The van der Waals surface area contributed by atoms with E-state index in [1.165, 1.54) is 0 Å². The average molecular weight is 208 g/mol. The van der Waals surface area contributed by atoms with Crippen molar-refractivity contribution in [1.82, 2.24) is 0 Å². The van der Waals surface area contributed by atoms with Crippen molar-refractivity contribution in [3.63, 3.8) is 0 Å². The number of nitrogens with zero attached hydrogens (tertiary/aromatic N) is 2. The van der Waals surface area contributed by atoms with E-state index in [0.29, 0.717) is 0 Å². The highest BCUT2D eigenvalue weighted by Gasteiger charge is 2.17. The summed E-state index contributed by atoms with van der Waals surface area (Å²) in [6, 6.07) is 0. The normalized spacial score (nSPS) is 15.4. The Balaban J connectivity index is 4.99. The summed E-state index contributed by atoms with van der Waals surface area (Å²) in [6.07, 6.45) is 1.83. The molecule has 2 nitrogen and oxygen atoms in total. The number of aliphatic imine (C=N–C) groups is 2. The number of allylic oxidation sites excluding steroid dienone is 1. The van der Waals surface area contributed by atoms with E-state index < -0.39 is 0 Å². The van der Waals surface area contributed by atoms with Gasteiger partial charge in [-0.3, -0.25) is 9.98 Å². The first-order valence-electron chi connectivity index (χ1n) is 5.31. The fourth-order valence-corrected chi connectivity index (χ4v) is 0.823. The van der Waals surface area contributed by atoms with Crippen LogP contribution in [0.3, 0.4) is 0 Å². The molecule has 2 heteroatoms. The zero-order valence-electron chi connectivity index (χ0n) is 11.2. The Morgan fingerprint density at radius 1 is 1.00 bits per heavy atom. The molecule has 0 saturated carbocycles. The van der Waals surface area contributed by atoms with Gasteiger partial charge in [0.15, 0.2) is 0 Å². The van der Waals surface area contributed by atoms with Gasteiger partial charge >= 0.3 is 0 Å². The Kier molecular flexibility index (Phi) is 4.44. The molecule has 0 aliphatic carbocycles. The first kappa shape index (κ1) is 14.1. The zero-order chi connectivity index (χ0) is 12.3. The fourth-order valence-electron chi connectivity index (χ4n) is 0.823. The molecule has 0 bridgehead atoms. The highest BCUT2D eigenvalue weighted by Crippen LogP contribution is 2.26. The molecule has 0 amide bonds. The summed E-state index contributed by atoms with van der Waals surface area (Å²) in [7, 11) is 0. The Labute approximate surface area is 94.2 Å². The van der Waals surface area contributed by atoms with Gasteiger partial charge in [-0.15, -0.1) is 0 Å². The monoisotopic (exact) mass is 208 g/mol. The van der Waals surface area contributed by atoms with Crippen LogP contribution in [0.2, 0.25) is 0 Å². The van der Waals surface area contributed by atoms with Crippen molar-refractivity contribution in [3.05, 3.63) is 11.9 Å². The molecule has 0 rings (SSSR count). The Morgan fingerprint density at radius 2 is 1.47 bits per heavy atom. The number of rotatable bonds is 2. The van der Waals surface area contributed by atoms with Crippen LogP contribution >= 0.6 is 0 Å². The molecule has 0 N–H and O–H groups in total. The van der Waals surface area contributed by atoms with Crippen molar-refractivity contribution in [3.8, 4) is 0 Å². The van der Waals surface area contributed by atoms with Gasteiger partial charge < -0.3 is 0 Å². The summed E-state index contributed by atoms with van der Waals surface area (Å²) in [5.41, 5.74) is 2.14. The third-order valence-electron chi connectivity index (χ3n) is 2.40. The predicted octanol–water partition coefficient (Wildman–Crippen LogP) is 4.08. The predicted molar refractivity (Wildman–Crippen MR) is 69.7 cm³/mol. The molecule has 0 atom stereocenters. The standard InChI is InChI=1S/C13H24N2/c1-10(12(2,3)4)15-9-11(14-8)13(5,6)7/h9H,8H2,1-7H3/b11-9-,15-10+. The van der Waals surface area contributed by atoms with Crippen LogP contribution in [0.25, 0.3) is 0 Å². The molecule has 15 heavy (non-hydrogen) atoms. The van der Waals surface area contributed by atoms with Crippen LogP contribution in [-0.4, -0.2) is 12.4 Å². The van der Waals surface area contributed by atoms with Crippen molar-refractivity contribution < 1.29 is 0 Å². The van der Waals surface area contributed by atoms with Crippen LogP contribution in [-0.2, 0) is 0 Å². The van der Waals surface area contributed by atoms with Gasteiger partial charge in [-0.1, -0.05) is 41.5 Å². The third kappa shape index (κ3) is 4.91. The molecule has 0 fully saturated rings. The van der Waals surface area contributed by atoms with E-state index in [0.717, 1.165) is 11.4 Å². The van der Waals surface area contributed by atoms with E-state index in [4.69, 9.17) is 0 Å². The second kappa shape index (κ2) is 4.73. The molecule has 0 heterocycles. The molecule has 0 aromatic rings. The van der Waals surface area contributed by atoms with E-state index in [1.807, 2.05) is 13.1 Å². The summed E-state index contributed by atoms with van der Waals surface area (Å²) in [5, 5.41) is 0. The van der Waals surface area contributed by atoms with Crippen molar-refractivity contribution >= 4 is 12.4 Å². The maximum absolute atomic E-state index is 4.45. The summed E-state index contributed by atoms with van der Waals surface area (Å²) < 4.78 is 0. The van der Waals surface area contributed by atoms with Crippen LogP contribution in [0.5, 0.6) is 0 Å². The van der Waals surface area contributed by atoms with Gasteiger partial charge in [0, 0.05) is 17.3 Å². The topological polar surface area (TPSA) is 24.7 Å². The molecule has 0 aromatic carbocycles. The Morgan fingerprint density at radius 3 is 1.73 bits per heavy atom. The third-order valence-corrected chi connectivity index (χ3v) is 2.40. The van der Waals surface area contributed by atoms with Crippen LogP contribution in [0.4, 0.5) is 0 Å². The van der Waals surface area contributed by atoms with Crippen molar-refractivity contribution in [2.45, 2.75) is 48.5 Å². The maximum atomic E-state index is 4.45. The molecule has 86 valence electrons. The Bertz CT molecular complexity index is 283. The summed E-state index contributed by atoms with van der Waals surface area (Å²) >= 11 is 0. The summed E-state index contributed by atoms with van der Waals surface area (Å²) in [4.78, 5) is 8.47. The van der Waals surface area contributed by atoms with Crippen LogP contribution in [0.1, 0.15) is 48.5 Å². The minimum atomic E-state index is 0.00339. The molecule has 0 aliphatic heterocycles. The molecule has 0 saturated heterocycles. The van der Waals surface area contributed by atoms with Gasteiger partial charge in [0.1, 0.15) is 0 Å². The van der Waals surface area contributed by atoms with Gasteiger partial charge in [-0.25, -0.2) is 0 Å². The van der Waals surface area contributed by atoms with E-state index in [9.17, 15) is 0 Å². The molecule has 0 spiro atoms. The summed E-state index contributed by atoms with van der Waals surface area (Å²) in [6.45, 7) is 18.4. The van der Waals surface area contributed by atoms with E-state index >= 15 is 0 Å². The summed E-state index contributed by atoms with van der Waals surface area (Å²) in [5.74, 6) is 0. The van der Waals surface area contributed by atoms with Crippen LogP contribution < -0.4 is 0 Å². The maximum Gasteiger partial charge on any atom is 0.0632 e. The quantitative estimate of drug-likeness (QED) is 0.611. The zero-order valence-corrected chi connectivity index (χ0v) is 11.2. The minimum absolute atomic E-state index is 0.00339. The minimum Gasteiger partial charge on any atom is -0.267 e. The van der Waals surface area contributed by atoms with E-state index in [2.05, 4.69) is 58.2 Å². The lowest BCUT2D eigenvalue weighted by atomic mass is 9.90. The molecular weight excluding hydrogens is 184 g/mol. The Hall–Kier alpha value is -0.920. The first-order valence-corrected chi connectivity index (χ1v) is 5.31. The molecule has 0 aromatic heterocycles. The van der Waals surface area contributed by atoms with Gasteiger partial charge in [0.05, 0.1) is 5.70 Å². The second-order valence-electron chi connectivity index (χ2n) is 5.89. The fraction of sp³-hybridized carbons (Fsp3) is 0.692. The highest BCUT2D eigenvalue weighted by molar-refractivity contribution is 5.87. The van der Waals surface area contributed by atoms with Crippen molar-refractivity contribution in [2.24, 2.45) is 20.8 Å². The van der Waals surface area contributed by atoms with E-state index in [1.54, 1.807) is 0 Å². The second-order valence-corrected chi connectivity index (χ2v) is 5.89. The smallest absolute Gasteiger partial charge is 0.0632 e. The number of hydrogen-bond donors (Lipinski definition) is 0. The van der Waals surface area contributed by atoms with Crippen LogP contribution in [0.15, 0.2) is 21.9 Å². The van der Waals surface area contributed by atoms with E-state index in [-0.39, 0.29) is 10.8 Å². The van der Waals surface area contributed by atoms with Crippen LogP contribution in [0, 0.1) is 10.8 Å². The van der Waals surface area contributed by atoms with Gasteiger partial charge in [-0.2, -0.15) is 0 Å². The molecule has 0 unspecified atom stereocenters. The van der Waals surface area contributed by atoms with Crippen molar-refractivity contribution in [1.29, 1.82) is 0 Å². The largest absolute Gasteiger partial charge is 0.267 e. The van der Waals surface area contributed by atoms with Gasteiger partial charge in [-0.05, 0) is 19.1 Å². The average Bonchev–Trinajstić information content (AvgIpc) is 2.00. The first-order chi connectivity index (χ1) is 6.59. The lowest BCUT2D eigenvalue weighted by Gasteiger charge is -2.20. The number of hydrogen-bond acceptors (Lipinski definition) is 2. The molecular formula is C13H24N2. The SMILES string of the molecule is C=N/C(=C\N=C(/C)C(C)(C)C)C(C)(C)C. The lowest BCUT2D eigenvalue weighted by Crippen LogP contribution is -2.16. The molecule has 0 aliphatic rings. The van der Waals surface area contributed by atoms with Gasteiger partial charge in [0.2, 0.25) is 0 Å². The highest BCUT2D eigenvalue weighted by atomic mass is 14.8. The van der Waals surface area contributed by atoms with Crippen molar-refractivity contribution in [2.75, 3.05) is 0 Å². The molecule has 0 radical (unpaired) electrons. The lowest BCUT2D eigenvalue weighted by molar-refractivity contribution is 0.497.